The number of hydrogen-bond donors (Lipinski definition) is 1. The normalized spacial score (nSPS) is 10.3. The van der Waals surface area contributed by atoms with Crippen molar-refractivity contribution in [2.75, 3.05) is 13.2 Å². The van der Waals surface area contributed by atoms with Gasteiger partial charge in [-0.2, -0.15) is 0 Å². The molecule has 0 aliphatic rings. The third-order valence-corrected chi connectivity index (χ3v) is 3.61. The molecule has 0 aromatic heterocycles. The summed E-state index contributed by atoms with van der Waals surface area (Å²) in [5.41, 5.74) is 2.25. The fourth-order valence-electron chi connectivity index (χ4n) is 2.13. The first-order chi connectivity index (χ1) is 10.7. The molecular formula is C18H20ClNO2. The average molecular weight is 318 g/mol. The summed E-state index contributed by atoms with van der Waals surface area (Å²) in [5, 5.41) is 3.57. The molecule has 0 unspecified atom stereocenters. The van der Waals surface area contributed by atoms with Gasteiger partial charge >= 0.3 is 0 Å². The minimum absolute atomic E-state index is 0.0393. The van der Waals surface area contributed by atoms with Gasteiger partial charge in [-0.1, -0.05) is 48.9 Å². The first-order valence-electron chi connectivity index (χ1n) is 7.41. The second-order valence-corrected chi connectivity index (χ2v) is 5.41. The van der Waals surface area contributed by atoms with Gasteiger partial charge in [-0.05, 0) is 42.2 Å². The Hall–Kier alpha value is -2.00. The SMILES string of the molecule is CCc1ccccc1OCC(=O)NCCc1ccc(Cl)cc1. The number of rotatable bonds is 7. The molecule has 0 fully saturated rings. The maximum atomic E-state index is 11.8. The zero-order valence-corrected chi connectivity index (χ0v) is 13.4. The highest BCUT2D eigenvalue weighted by atomic mass is 35.5. The van der Waals surface area contributed by atoms with Gasteiger partial charge in [-0.3, -0.25) is 4.79 Å². The quantitative estimate of drug-likeness (QED) is 0.846. The summed E-state index contributed by atoms with van der Waals surface area (Å²) < 4.78 is 5.58. The van der Waals surface area contributed by atoms with Gasteiger partial charge in [-0.25, -0.2) is 0 Å². The molecule has 3 nitrogen and oxygen atoms in total. The van der Waals surface area contributed by atoms with E-state index in [0.29, 0.717) is 6.54 Å². The Balaban J connectivity index is 1.73. The van der Waals surface area contributed by atoms with E-state index in [4.69, 9.17) is 16.3 Å². The van der Waals surface area contributed by atoms with E-state index in [-0.39, 0.29) is 12.5 Å². The van der Waals surface area contributed by atoms with Crippen molar-refractivity contribution in [2.24, 2.45) is 0 Å². The van der Waals surface area contributed by atoms with Crippen LogP contribution in [0.3, 0.4) is 0 Å². The molecule has 1 amide bonds. The topological polar surface area (TPSA) is 38.3 Å². The molecule has 0 aliphatic heterocycles. The molecule has 0 bridgehead atoms. The summed E-state index contributed by atoms with van der Waals surface area (Å²) in [6.07, 6.45) is 1.66. The summed E-state index contributed by atoms with van der Waals surface area (Å²) in [7, 11) is 0. The van der Waals surface area contributed by atoms with E-state index >= 15 is 0 Å². The molecule has 0 aliphatic carbocycles. The van der Waals surface area contributed by atoms with Crippen LogP contribution in [-0.2, 0) is 17.6 Å². The maximum absolute atomic E-state index is 11.8. The van der Waals surface area contributed by atoms with Crippen LogP contribution < -0.4 is 10.1 Å². The lowest BCUT2D eigenvalue weighted by atomic mass is 10.1. The van der Waals surface area contributed by atoms with E-state index in [1.54, 1.807) is 0 Å². The predicted molar refractivity (Wildman–Crippen MR) is 89.5 cm³/mol. The van der Waals surface area contributed by atoms with Crippen LogP contribution in [0.2, 0.25) is 5.02 Å². The van der Waals surface area contributed by atoms with Crippen LogP contribution in [0.25, 0.3) is 0 Å². The summed E-state index contributed by atoms with van der Waals surface area (Å²) in [6.45, 7) is 2.69. The lowest BCUT2D eigenvalue weighted by molar-refractivity contribution is -0.123. The Bertz CT molecular complexity index is 611. The summed E-state index contributed by atoms with van der Waals surface area (Å²) >= 11 is 5.83. The van der Waals surface area contributed by atoms with E-state index in [1.807, 2.05) is 48.5 Å². The molecule has 22 heavy (non-hydrogen) atoms. The van der Waals surface area contributed by atoms with Crippen LogP contribution in [0.15, 0.2) is 48.5 Å². The van der Waals surface area contributed by atoms with E-state index in [1.165, 1.54) is 0 Å². The fraction of sp³-hybridized carbons (Fsp3) is 0.278. The Morgan fingerprint density at radius 2 is 1.86 bits per heavy atom. The number of para-hydroxylation sites is 1. The highest BCUT2D eigenvalue weighted by Gasteiger charge is 2.05. The smallest absolute Gasteiger partial charge is 0.257 e. The van der Waals surface area contributed by atoms with E-state index in [0.717, 1.165) is 34.7 Å². The number of ether oxygens (including phenoxy) is 1. The summed E-state index contributed by atoms with van der Waals surface area (Å²) in [6, 6.07) is 15.4. The number of aryl methyl sites for hydroxylation is 1. The number of nitrogens with one attached hydrogen (secondary N) is 1. The van der Waals surface area contributed by atoms with Gasteiger partial charge in [0.15, 0.2) is 6.61 Å². The molecule has 0 spiro atoms. The van der Waals surface area contributed by atoms with Crippen molar-refractivity contribution in [3.63, 3.8) is 0 Å². The summed E-state index contributed by atoms with van der Waals surface area (Å²) in [5.74, 6) is 0.665. The number of benzene rings is 2. The third kappa shape index (κ3) is 5.08. The number of amides is 1. The van der Waals surface area contributed by atoms with E-state index in [9.17, 15) is 4.79 Å². The van der Waals surface area contributed by atoms with Crippen LogP contribution in [0.1, 0.15) is 18.1 Å². The van der Waals surface area contributed by atoms with Gasteiger partial charge in [0.05, 0.1) is 0 Å². The van der Waals surface area contributed by atoms with E-state index < -0.39 is 0 Å². The Labute approximate surface area is 136 Å². The molecule has 0 saturated heterocycles. The van der Waals surface area contributed by atoms with Crippen LogP contribution in [0, 0.1) is 0 Å². The van der Waals surface area contributed by atoms with Gasteiger partial charge in [0.1, 0.15) is 5.75 Å². The van der Waals surface area contributed by atoms with Gasteiger partial charge in [-0.15, -0.1) is 0 Å². The van der Waals surface area contributed by atoms with Gasteiger partial charge in [0.25, 0.3) is 5.91 Å². The van der Waals surface area contributed by atoms with Crippen molar-refractivity contribution >= 4 is 17.5 Å². The molecule has 0 atom stereocenters. The first-order valence-corrected chi connectivity index (χ1v) is 7.78. The molecule has 0 heterocycles. The largest absolute Gasteiger partial charge is 0.483 e. The fourth-order valence-corrected chi connectivity index (χ4v) is 2.25. The molecule has 0 saturated carbocycles. The third-order valence-electron chi connectivity index (χ3n) is 3.36. The molecule has 2 aromatic carbocycles. The van der Waals surface area contributed by atoms with Crippen LogP contribution in [0.4, 0.5) is 0 Å². The number of carbonyl (C=O) groups excluding carboxylic acids is 1. The Morgan fingerprint density at radius 1 is 1.14 bits per heavy atom. The monoisotopic (exact) mass is 317 g/mol. The minimum Gasteiger partial charge on any atom is -0.483 e. The van der Waals surface area contributed by atoms with Gasteiger partial charge < -0.3 is 10.1 Å². The zero-order valence-electron chi connectivity index (χ0n) is 12.6. The van der Waals surface area contributed by atoms with Crippen molar-refractivity contribution in [1.82, 2.24) is 5.32 Å². The van der Waals surface area contributed by atoms with Crippen molar-refractivity contribution in [2.45, 2.75) is 19.8 Å². The molecule has 4 heteroatoms. The highest BCUT2D eigenvalue weighted by molar-refractivity contribution is 6.30. The summed E-state index contributed by atoms with van der Waals surface area (Å²) in [4.78, 5) is 11.8. The molecule has 1 N–H and O–H groups in total. The molecule has 116 valence electrons. The van der Waals surface area contributed by atoms with Crippen molar-refractivity contribution in [3.05, 3.63) is 64.7 Å². The lowest BCUT2D eigenvalue weighted by Crippen LogP contribution is -2.30. The Morgan fingerprint density at radius 3 is 2.59 bits per heavy atom. The van der Waals surface area contributed by atoms with Gasteiger partial charge in [0, 0.05) is 11.6 Å². The number of hydrogen-bond acceptors (Lipinski definition) is 2. The lowest BCUT2D eigenvalue weighted by Gasteiger charge is -2.10. The number of halogens is 1. The van der Waals surface area contributed by atoms with Crippen LogP contribution >= 0.6 is 11.6 Å². The van der Waals surface area contributed by atoms with Crippen molar-refractivity contribution in [1.29, 1.82) is 0 Å². The zero-order chi connectivity index (χ0) is 15.8. The molecule has 2 aromatic rings. The predicted octanol–water partition coefficient (Wildman–Crippen LogP) is 3.64. The second kappa shape index (κ2) is 8.44. The van der Waals surface area contributed by atoms with Crippen molar-refractivity contribution in [3.8, 4) is 5.75 Å². The Kier molecular flexibility index (Phi) is 6.28. The molecular weight excluding hydrogens is 298 g/mol. The average Bonchev–Trinajstić information content (AvgIpc) is 2.55. The molecule has 0 radical (unpaired) electrons. The van der Waals surface area contributed by atoms with Gasteiger partial charge in [0.2, 0.25) is 0 Å². The second-order valence-electron chi connectivity index (χ2n) is 4.98. The minimum atomic E-state index is -0.111. The molecule has 2 rings (SSSR count). The van der Waals surface area contributed by atoms with E-state index in [2.05, 4.69) is 12.2 Å². The number of carbonyl (C=O) groups is 1. The first kappa shape index (κ1) is 16.4. The van der Waals surface area contributed by atoms with Crippen LogP contribution in [0.5, 0.6) is 5.75 Å². The van der Waals surface area contributed by atoms with Crippen LogP contribution in [-0.4, -0.2) is 19.1 Å². The highest BCUT2D eigenvalue weighted by Crippen LogP contribution is 2.17. The maximum Gasteiger partial charge on any atom is 0.257 e. The standard InChI is InChI=1S/C18H20ClNO2/c1-2-15-5-3-4-6-17(15)22-13-18(21)20-12-11-14-7-9-16(19)10-8-14/h3-10H,2,11-13H2,1H3,(H,20,21). The van der Waals surface area contributed by atoms with Crippen molar-refractivity contribution < 1.29 is 9.53 Å².